The summed E-state index contributed by atoms with van der Waals surface area (Å²) in [5.41, 5.74) is 0. The van der Waals surface area contributed by atoms with Crippen molar-refractivity contribution < 1.29 is 0 Å². The van der Waals surface area contributed by atoms with Gasteiger partial charge in [-0.2, -0.15) is 0 Å². The molecule has 1 rings (SSSR count). The molecule has 3 nitrogen and oxygen atoms in total. The Bertz CT molecular complexity index is 118. The molecule has 0 aromatic heterocycles. The van der Waals surface area contributed by atoms with Gasteiger partial charge in [0.1, 0.15) is 0 Å². The zero-order valence-electron chi connectivity index (χ0n) is 4.02. The lowest BCUT2D eigenvalue weighted by molar-refractivity contribution is 1.32. The van der Waals surface area contributed by atoms with E-state index in [1.807, 2.05) is 0 Å². The number of rotatable bonds is 0. The van der Waals surface area contributed by atoms with Crippen molar-refractivity contribution in [2.45, 2.75) is 0 Å². The Morgan fingerprint density at radius 1 is 1.25 bits per heavy atom. The van der Waals surface area contributed by atoms with Gasteiger partial charge < -0.3 is 5.32 Å². The monoisotopic (exact) mass is 147 g/mol. The molecule has 1 fully saturated rings. The summed E-state index contributed by atoms with van der Waals surface area (Å²) in [6, 6.07) is 0. The Labute approximate surface area is 55.6 Å². The van der Waals surface area contributed by atoms with E-state index < -0.39 is 0 Å². The lowest BCUT2D eigenvalue weighted by atomic mass is 11.1. The number of thioether (sulfide) groups is 2. The fourth-order valence-corrected chi connectivity index (χ4v) is 1.91. The molecule has 8 heavy (non-hydrogen) atoms. The van der Waals surface area contributed by atoms with E-state index in [0.29, 0.717) is 10.3 Å². The van der Waals surface area contributed by atoms with Crippen molar-refractivity contribution >= 4 is 33.9 Å². The maximum Gasteiger partial charge on any atom is 0.160 e. The van der Waals surface area contributed by atoms with Gasteiger partial charge in [-0.3, -0.25) is 10.8 Å². The minimum Gasteiger partial charge on any atom is -0.315 e. The predicted octanol–water partition coefficient (Wildman–Crippen LogP) is 0.883. The lowest BCUT2D eigenvalue weighted by Gasteiger charge is -2.12. The highest BCUT2D eigenvalue weighted by molar-refractivity contribution is 8.30. The van der Waals surface area contributed by atoms with Gasteiger partial charge in [-0.05, 0) is 0 Å². The van der Waals surface area contributed by atoms with Gasteiger partial charge in [-0.25, -0.2) is 0 Å². The highest BCUT2D eigenvalue weighted by Crippen LogP contribution is 2.16. The Balaban J connectivity index is 2.45. The summed E-state index contributed by atoms with van der Waals surface area (Å²) < 4.78 is 0. The standard InChI is InChI=1S/C3H5N3S2/c4-2-6-3(5)8-1-7-2/h1H2,(H3,4,5,6). The van der Waals surface area contributed by atoms with Crippen LogP contribution in [0, 0.1) is 10.8 Å². The highest BCUT2D eigenvalue weighted by atomic mass is 32.2. The second kappa shape index (κ2) is 2.41. The van der Waals surface area contributed by atoms with Crippen molar-refractivity contribution in [1.29, 1.82) is 10.8 Å². The first-order valence-electron chi connectivity index (χ1n) is 1.99. The summed E-state index contributed by atoms with van der Waals surface area (Å²) in [5.74, 6) is 0. The summed E-state index contributed by atoms with van der Waals surface area (Å²) in [6.45, 7) is 0. The molecular formula is C3H5N3S2. The fraction of sp³-hybridized carbons (Fsp3) is 0.333. The van der Waals surface area contributed by atoms with Gasteiger partial charge >= 0.3 is 0 Å². The first-order chi connectivity index (χ1) is 3.79. The van der Waals surface area contributed by atoms with Gasteiger partial charge in [0.15, 0.2) is 10.3 Å². The van der Waals surface area contributed by atoms with Gasteiger partial charge in [0.2, 0.25) is 0 Å². The molecule has 1 aliphatic heterocycles. The summed E-state index contributed by atoms with van der Waals surface area (Å²) in [4.78, 5) is 0. The third-order valence-corrected chi connectivity index (χ3v) is 2.36. The van der Waals surface area contributed by atoms with Crippen molar-refractivity contribution in [3.05, 3.63) is 0 Å². The molecule has 1 saturated heterocycles. The van der Waals surface area contributed by atoms with Crippen LogP contribution in [-0.2, 0) is 0 Å². The molecule has 0 amide bonds. The van der Waals surface area contributed by atoms with E-state index in [1.54, 1.807) is 0 Å². The van der Waals surface area contributed by atoms with Gasteiger partial charge in [-0.15, -0.1) is 0 Å². The van der Waals surface area contributed by atoms with E-state index >= 15 is 0 Å². The lowest BCUT2D eigenvalue weighted by Crippen LogP contribution is -2.28. The average Bonchev–Trinajstić information content (AvgIpc) is 1.64. The Morgan fingerprint density at radius 2 is 1.75 bits per heavy atom. The van der Waals surface area contributed by atoms with Gasteiger partial charge in [0.05, 0.1) is 5.08 Å². The first-order valence-corrected chi connectivity index (χ1v) is 3.96. The van der Waals surface area contributed by atoms with Gasteiger partial charge in [-0.1, -0.05) is 23.5 Å². The molecular weight excluding hydrogens is 142 g/mol. The molecule has 1 aliphatic rings. The van der Waals surface area contributed by atoms with Crippen molar-refractivity contribution in [3.63, 3.8) is 0 Å². The summed E-state index contributed by atoms with van der Waals surface area (Å²) in [5, 5.41) is 18.2. The van der Waals surface area contributed by atoms with Crippen LogP contribution in [-0.4, -0.2) is 15.4 Å². The van der Waals surface area contributed by atoms with E-state index in [9.17, 15) is 0 Å². The first kappa shape index (κ1) is 5.97. The van der Waals surface area contributed by atoms with Crippen LogP contribution >= 0.6 is 23.5 Å². The van der Waals surface area contributed by atoms with Crippen molar-refractivity contribution in [2.75, 3.05) is 5.08 Å². The highest BCUT2D eigenvalue weighted by Gasteiger charge is 2.08. The van der Waals surface area contributed by atoms with Crippen LogP contribution < -0.4 is 5.32 Å². The third kappa shape index (κ3) is 1.41. The van der Waals surface area contributed by atoms with E-state index in [2.05, 4.69) is 5.32 Å². The molecule has 0 aromatic carbocycles. The Hall–Kier alpha value is -0.160. The quantitative estimate of drug-likeness (QED) is 0.476. The normalized spacial score (nSPS) is 20.5. The van der Waals surface area contributed by atoms with E-state index in [-0.39, 0.29) is 0 Å². The van der Waals surface area contributed by atoms with Gasteiger partial charge in [0.25, 0.3) is 0 Å². The number of hydrogen-bond acceptors (Lipinski definition) is 4. The molecule has 0 bridgehead atoms. The Kier molecular flexibility index (Phi) is 1.80. The molecule has 0 saturated carbocycles. The van der Waals surface area contributed by atoms with Crippen molar-refractivity contribution in [2.24, 2.45) is 0 Å². The molecule has 44 valence electrons. The molecule has 0 aliphatic carbocycles. The van der Waals surface area contributed by atoms with Crippen LogP contribution in [0.25, 0.3) is 0 Å². The minimum absolute atomic E-state index is 0.383. The molecule has 0 unspecified atom stereocenters. The zero-order chi connectivity index (χ0) is 5.98. The average molecular weight is 147 g/mol. The summed E-state index contributed by atoms with van der Waals surface area (Å²) in [6.07, 6.45) is 0. The third-order valence-electron chi connectivity index (χ3n) is 0.634. The topological polar surface area (TPSA) is 59.7 Å². The molecule has 0 atom stereocenters. The van der Waals surface area contributed by atoms with Crippen LogP contribution in [0.3, 0.4) is 0 Å². The Morgan fingerprint density at radius 3 is 2.00 bits per heavy atom. The van der Waals surface area contributed by atoms with E-state index in [4.69, 9.17) is 10.8 Å². The maximum absolute atomic E-state index is 7.02. The van der Waals surface area contributed by atoms with Gasteiger partial charge in [0, 0.05) is 0 Å². The zero-order valence-corrected chi connectivity index (χ0v) is 5.66. The molecule has 5 heteroatoms. The number of nitrogens with one attached hydrogen (secondary N) is 3. The second-order valence-electron chi connectivity index (χ2n) is 1.19. The molecule has 3 N–H and O–H groups in total. The summed E-state index contributed by atoms with van der Waals surface area (Å²) >= 11 is 2.83. The smallest absolute Gasteiger partial charge is 0.160 e. The second-order valence-corrected chi connectivity index (χ2v) is 3.53. The van der Waals surface area contributed by atoms with Crippen molar-refractivity contribution in [3.8, 4) is 0 Å². The number of amidine groups is 2. The molecule has 1 heterocycles. The van der Waals surface area contributed by atoms with Crippen LogP contribution in [0.5, 0.6) is 0 Å². The maximum atomic E-state index is 7.02. The SMILES string of the molecule is N=C1NC(=N)SCS1. The van der Waals surface area contributed by atoms with Crippen LogP contribution in [0.2, 0.25) is 0 Å². The van der Waals surface area contributed by atoms with Crippen molar-refractivity contribution in [1.82, 2.24) is 5.32 Å². The molecule has 0 radical (unpaired) electrons. The molecule has 0 spiro atoms. The molecule has 0 aromatic rings. The fourth-order valence-electron chi connectivity index (χ4n) is 0.323. The predicted molar refractivity (Wildman–Crippen MR) is 38.6 cm³/mol. The van der Waals surface area contributed by atoms with Crippen LogP contribution in [0.4, 0.5) is 0 Å². The minimum atomic E-state index is 0.383. The van der Waals surface area contributed by atoms with E-state index in [1.165, 1.54) is 23.5 Å². The van der Waals surface area contributed by atoms with Crippen LogP contribution in [0.1, 0.15) is 0 Å². The van der Waals surface area contributed by atoms with Crippen LogP contribution in [0.15, 0.2) is 0 Å². The van der Waals surface area contributed by atoms with E-state index in [0.717, 1.165) is 5.08 Å². The largest absolute Gasteiger partial charge is 0.315 e. The number of hydrogen-bond donors (Lipinski definition) is 3. The summed E-state index contributed by atoms with van der Waals surface area (Å²) in [7, 11) is 0.